The van der Waals surface area contributed by atoms with E-state index < -0.39 is 143 Å². The van der Waals surface area contributed by atoms with Crippen molar-refractivity contribution in [1.29, 1.82) is 0 Å². The highest BCUT2D eigenvalue weighted by molar-refractivity contribution is 5.41. The molecular weight excluding hydrogens is 1030 g/mol. The molecule has 0 radical (unpaired) electrons. The topological polar surface area (TPSA) is 211 Å². The average molecular weight is 1120 g/mol. The molecule has 8 fully saturated rings. The summed E-state index contributed by atoms with van der Waals surface area (Å²) in [4.78, 5) is 16.0. The van der Waals surface area contributed by atoms with E-state index in [1.807, 2.05) is 111 Å². The Morgan fingerprint density at radius 1 is 0.237 bits per heavy atom. The van der Waals surface area contributed by atoms with Crippen LogP contribution in [0, 0.1) is 0 Å². The first-order chi connectivity index (χ1) is 37.4. The molecule has 13 heterocycles. The third-order valence-electron chi connectivity index (χ3n) is 17.2. The fraction of sp³-hybridized carbons (Fsp3) is 0.733. The van der Waals surface area contributed by atoms with E-state index in [0.717, 1.165) is 45.6 Å². The largest absolute Gasteiger partial charge is 0.361 e. The minimum Gasteiger partial charge on any atom is -0.361 e. The molecule has 13 rings (SSSR count). The molecule has 0 spiro atoms. The van der Waals surface area contributed by atoms with Crippen molar-refractivity contribution < 1.29 is 75.8 Å². The maximum atomic E-state index is 7.12. The smallest absolute Gasteiger partial charge is 0.163 e. The van der Waals surface area contributed by atoms with E-state index >= 15 is 0 Å². The average Bonchev–Trinajstić information content (AvgIpc) is 4.20. The summed E-state index contributed by atoms with van der Waals surface area (Å²) in [6.07, 6.45) is -6.18. The van der Waals surface area contributed by atoms with Crippen LogP contribution >= 0.6 is 0 Å². The van der Waals surface area contributed by atoms with Crippen molar-refractivity contribution >= 4 is 0 Å². The Morgan fingerprint density at radius 2 is 0.400 bits per heavy atom. The van der Waals surface area contributed by atoms with Crippen LogP contribution in [0.2, 0.25) is 0 Å². The van der Waals surface area contributed by atoms with E-state index in [9.17, 15) is 0 Å². The van der Waals surface area contributed by atoms with Gasteiger partial charge in [-0.3, -0.25) is 0 Å². The molecule has 0 unspecified atom stereocenters. The minimum absolute atomic E-state index is 0.331. The second-order valence-electron chi connectivity index (χ2n) is 27.1. The van der Waals surface area contributed by atoms with Crippen LogP contribution in [0.3, 0.4) is 0 Å². The Labute approximate surface area is 468 Å². The van der Waals surface area contributed by atoms with Crippen molar-refractivity contribution in [3.63, 3.8) is 0 Å². The zero-order valence-electron chi connectivity index (χ0n) is 49.2. The maximum Gasteiger partial charge on any atom is 0.163 e. The zero-order chi connectivity index (χ0) is 56.5. The molecule has 0 amide bonds. The predicted molar refractivity (Wildman–Crippen MR) is 285 cm³/mol. The van der Waals surface area contributed by atoms with Crippen LogP contribution in [0.1, 0.15) is 180 Å². The number of nitrogens with one attached hydrogen (secondary N) is 4. The van der Waals surface area contributed by atoms with Gasteiger partial charge in [-0.1, -0.05) is 0 Å². The Kier molecular flexibility index (Phi) is 13.2. The molecule has 0 saturated carbocycles. The SMILES string of the molecule is CC1(C)OC[C@@H]([C@@H]2OC(C)(C)O[C@H]2C2c3ccc([nH]3)C([C@@H]3OC(C)(C)O[C@H]3[C@@H]3COC(C)(C)O3)c3ccc([nH]3)C([C@@H]3OC(C)(C)O[C@H]3[C@@H]3COC(C)(C)O3)c3ccc([nH]3)C([C@@H]3OC(C)(C)O[C@H]3[C@@H]3COC(C)(C)O3)c3ccc2[nH]3)O1. The van der Waals surface area contributed by atoms with Gasteiger partial charge in [-0.2, -0.15) is 0 Å². The van der Waals surface area contributed by atoms with E-state index in [1.54, 1.807) is 0 Å². The Hall–Kier alpha value is -3.52. The Bertz CT molecular complexity index is 2450. The van der Waals surface area contributed by atoms with Crippen LogP contribution in [0.25, 0.3) is 0 Å². The van der Waals surface area contributed by atoms with E-state index in [1.165, 1.54) is 0 Å². The number of hydrogen-bond acceptors (Lipinski definition) is 16. The molecule has 4 aromatic heterocycles. The van der Waals surface area contributed by atoms with Crippen LogP contribution in [0.15, 0.2) is 48.5 Å². The molecule has 12 atom stereocenters. The first-order valence-corrected chi connectivity index (χ1v) is 28.8. The van der Waals surface area contributed by atoms with Gasteiger partial charge in [0.25, 0.3) is 0 Å². The summed E-state index contributed by atoms with van der Waals surface area (Å²) in [5.74, 6) is -9.03. The quantitative estimate of drug-likeness (QED) is 0.130. The van der Waals surface area contributed by atoms with Crippen LogP contribution in [-0.2, 0) is 75.8 Å². The monoisotopic (exact) mass is 1120 g/mol. The fourth-order valence-electron chi connectivity index (χ4n) is 14.2. The molecule has 9 aliphatic heterocycles. The third kappa shape index (κ3) is 10.4. The first kappa shape index (κ1) is 55.7. The van der Waals surface area contributed by atoms with Gasteiger partial charge in [0, 0.05) is 45.6 Å². The summed E-state index contributed by atoms with van der Waals surface area (Å²) < 4.78 is 107. The number of ether oxygens (including phenoxy) is 16. The van der Waals surface area contributed by atoms with Gasteiger partial charge in [-0.05, 0) is 159 Å². The zero-order valence-corrected chi connectivity index (χ0v) is 49.2. The molecule has 8 saturated heterocycles. The summed E-state index contributed by atoms with van der Waals surface area (Å²) in [5, 5.41) is 0. The van der Waals surface area contributed by atoms with Crippen molar-refractivity contribution in [3.05, 3.63) is 94.1 Å². The van der Waals surface area contributed by atoms with Crippen molar-refractivity contribution in [2.75, 3.05) is 26.4 Å². The lowest BCUT2D eigenvalue weighted by Gasteiger charge is -2.31. The van der Waals surface area contributed by atoms with Gasteiger partial charge in [-0.15, -0.1) is 0 Å². The summed E-state index contributed by atoms with van der Waals surface area (Å²) >= 11 is 0. The number of rotatable bonds is 8. The summed E-state index contributed by atoms with van der Waals surface area (Å²) in [6, 6.07) is 17.2. The molecule has 20 nitrogen and oxygen atoms in total. The third-order valence-corrected chi connectivity index (χ3v) is 17.2. The number of aromatic nitrogens is 4. The molecule has 4 aromatic rings. The highest BCUT2D eigenvalue weighted by atomic mass is 16.8. The highest BCUT2D eigenvalue weighted by Crippen LogP contribution is 2.51. The van der Waals surface area contributed by atoms with Crippen LogP contribution in [0.5, 0.6) is 0 Å². The number of H-pyrrole nitrogens is 4. The van der Waals surface area contributed by atoms with Gasteiger partial charge >= 0.3 is 0 Å². The molecule has 0 aliphatic carbocycles. The summed E-state index contributed by atoms with van der Waals surface area (Å²) in [5.41, 5.74) is 7.01. The van der Waals surface area contributed by atoms with Crippen LogP contribution in [-0.4, -0.2) is 166 Å². The van der Waals surface area contributed by atoms with Crippen molar-refractivity contribution in [3.8, 4) is 0 Å². The molecule has 8 bridgehead atoms. The summed E-state index contributed by atoms with van der Waals surface area (Å²) in [6.45, 7) is 32.4. The van der Waals surface area contributed by atoms with Gasteiger partial charge in [0.1, 0.15) is 73.2 Å². The molecule has 80 heavy (non-hydrogen) atoms. The minimum atomic E-state index is -0.972. The van der Waals surface area contributed by atoms with Gasteiger partial charge in [0.05, 0.1) is 50.1 Å². The van der Waals surface area contributed by atoms with Gasteiger partial charge in [0.2, 0.25) is 0 Å². The van der Waals surface area contributed by atoms with Crippen molar-refractivity contribution in [2.45, 2.75) is 254 Å². The molecule has 20 heteroatoms. The maximum absolute atomic E-state index is 7.12. The standard InChI is InChI=1S/C60H84N4O16/c1-53(2)65-25-37(69-53)45-49(77-57(9,10)73-45)41-29-17-19-31(61-29)42(50-46(74-58(11,12)78-50)38-26-66-54(3,4)70-38)33-21-23-35(63-33)44(52-48(76-60(15,16)80-52)40-28-68-56(7,8)72-40)36-24-22-34(64-36)43(32-20-18-30(41)62-32)51-47(75-59(13,14)79-51)39-27-67-55(5,6)71-39/h17-24,37-52,61-64H,25-28H2,1-16H3/t37-,38-,39-,40-,41?,42?,43?,44?,45-,46-,47-,48-,49-,50-,51-,52-/m0/s1. The number of aromatic amines is 4. The number of fused-ring (bicyclic) bond motifs is 8. The van der Waals surface area contributed by atoms with Crippen LogP contribution < -0.4 is 0 Å². The lowest BCUT2D eigenvalue weighted by atomic mass is 9.89. The van der Waals surface area contributed by atoms with Gasteiger partial charge in [0.15, 0.2) is 46.3 Å². The lowest BCUT2D eigenvalue weighted by molar-refractivity contribution is -0.174. The molecular formula is C60H84N4O16. The second-order valence-corrected chi connectivity index (χ2v) is 27.1. The van der Waals surface area contributed by atoms with E-state index in [4.69, 9.17) is 75.8 Å². The van der Waals surface area contributed by atoms with Gasteiger partial charge < -0.3 is 95.7 Å². The van der Waals surface area contributed by atoms with Crippen molar-refractivity contribution in [2.24, 2.45) is 0 Å². The Balaban J connectivity index is 1.01. The number of hydrogen-bond donors (Lipinski definition) is 4. The Morgan fingerprint density at radius 3 is 0.550 bits per heavy atom. The molecule has 9 aliphatic rings. The fourth-order valence-corrected chi connectivity index (χ4v) is 14.2. The highest BCUT2D eigenvalue weighted by Gasteiger charge is 2.59. The first-order valence-electron chi connectivity index (χ1n) is 28.8. The lowest BCUT2D eigenvalue weighted by Crippen LogP contribution is -2.42. The van der Waals surface area contributed by atoms with E-state index in [0.29, 0.717) is 26.4 Å². The normalized spacial score (nSPS) is 40.8. The van der Waals surface area contributed by atoms with Gasteiger partial charge in [-0.25, -0.2) is 0 Å². The molecule has 0 aromatic carbocycles. The van der Waals surface area contributed by atoms with E-state index in [2.05, 4.69) is 68.5 Å². The second kappa shape index (κ2) is 19.0. The van der Waals surface area contributed by atoms with Crippen molar-refractivity contribution in [1.82, 2.24) is 19.9 Å². The molecule has 440 valence electrons. The molecule has 4 N–H and O–H groups in total. The van der Waals surface area contributed by atoms with Crippen LogP contribution in [0.4, 0.5) is 0 Å². The summed E-state index contributed by atoms with van der Waals surface area (Å²) in [7, 11) is 0. The predicted octanol–water partition coefficient (Wildman–Crippen LogP) is 8.53. The van der Waals surface area contributed by atoms with E-state index in [-0.39, 0.29) is 0 Å².